The molecule has 0 saturated heterocycles. The summed E-state index contributed by atoms with van der Waals surface area (Å²) in [6.07, 6.45) is 1.28. The minimum Gasteiger partial charge on any atom is -0.433 e. The molecular formula is C12H9F3N2O. The molecule has 6 heteroatoms. The fourth-order valence-electron chi connectivity index (χ4n) is 1.36. The second-order valence-corrected chi connectivity index (χ2v) is 3.45. The number of nitrogens with two attached hydrogens (primary N) is 1. The van der Waals surface area contributed by atoms with Crippen molar-refractivity contribution in [2.24, 2.45) is 5.73 Å². The number of ether oxygens (including phenoxy) is 1. The van der Waals surface area contributed by atoms with Crippen LogP contribution in [0.1, 0.15) is 5.56 Å². The topological polar surface area (TPSA) is 48.1 Å². The lowest BCUT2D eigenvalue weighted by molar-refractivity contribution is 0.382. The van der Waals surface area contributed by atoms with Crippen molar-refractivity contribution >= 4 is 0 Å². The maximum Gasteiger partial charge on any atom is 0.256 e. The zero-order valence-electron chi connectivity index (χ0n) is 9.16. The quantitative estimate of drug-likeness (QED) is 0.916. The van der Waals surface area contributed by atoms with Gasteiger partial charge in [-0.1, -0.05) is 6.07 Å². The fraction of sp³-hybridized carbons (Fsp3) is 0.0833. The highest BCUT2D eigenvalue weighted by molar-refractivity contribution is 5.31. The highest BCUT2D eigenvalue weighted by Crippen LogP contribution is 2.27. The molecule has 18 heavy (non-hydrogen) atoms. The molecule has 2 N–H and O–H groups in total. The Morgan fingerprint density at radius 3 is 2.61 bits per heavy atom. The first-order valence-corrected chi connectivity index (χ1v) is 5.08. The molecular weight excluding hydrogens is 245 g/mol. The van der Waals surface area contributed by atoms with Crippen LogP contribution in [0.15, 0.2) is 30.5 Å². The molecule has 0 bridgehead atoms. The molecule has 0 radical (unpaired) electrons. The van der Waals surface area contributed by atoms with E-state index < -0.39 is 29.1 Å². The van der Waals surface area contributed by atoms with Gasteiger partial charge in [-0.05, 0) is 18.2 Å². The zero-order chi connectivity index (χ0) is 13.1. The molecule has 0 amide bonds. The number of hydrogen-bond donors (Lipinski definition) is 1. The summed E-state index contributed by atoms with van der Waals surface area (Å²) in [6.45, 7) is -0.0453. The van der Waals surface area contributed by atoms with Crippen LogP contribution in [0.3, 0.4) is 0 Å². The summed E-state index contributed by atoms with van der Waals surface area (Å²) < 4.78 is 44.9. The van der Waals surface area contributed by atoms with Gasteiger partial charge in [-0.15, -0.1) is 0 Å². The van der Waals surface area contributed by atoms with Crippen LogP contribution in [0, 0.1) is 17.5 Å². The molecule has 0 saturated carbocycles. The van der Waals surface area contributed by atoms with Gasteiger partial charge in [0.2, 0.25) is 5.82 Å². The third-order valence-corrected chi connectivity index (χ3v) is 2.28. The van der Waals surface area contributed by atoms with Crippen LogP contribution < -0.4 is 10.5 Å². The van der Waals surface area contributed by atoms with E-state index in [-0.39, 0.29) is 12.1 Å². The molecule has 3 nitrogen and oxygen atoms in total. The standard InChI is InChI=1S/C12H9F3N2O/c13-8-2-1-3-9(11(8)15)18-12-10(14)7(6-16)4-5-17-12/h1-5H,6,16H2. The van der Waals surface area contributed by atoms with Gasteiger partial charge in [-0.3, -0.25) is 0 Å². The van der Waals surface area contributed by atoms with Gasteiger partial charge in [0.25, 0.3) is 5.88 Å². The van der Waals surface area contributed by atoms with Gasteiger partial charge in [0.1, 0.15) is 0 Å². The van der Waals surface area contributed by atoms with Gasteiger partial charge in [0.05, 0.1) is 0 Å². The number of hydrogen-bond acceptors (Lipinski definition) is 3. The van der Waals surface area contributed by atoms with Crippen LogP contribution in [0.4, 0.5) is 13.2 Å². The number of nitrogens with zero attached hydrogens (tertiary/aromatic N) is 1. The molecule has 0 aliphatic rings. The first-order chi connectivity index (χ1) is 8.63. The maximum absolute atomic E-state index is 13.7. The monoisotopic (exact) mass is 254 g/mol. The Morgan fingerprint density at radius 1 is 1.11 bits per heavy atom. The van der Waals surface area contributed by atoms with Crippen LogP contribution in [-0.4, -0.2) is 4.98 Å². The van der Waals surface area contributed by atoms with Gasteiger partial charge in [0.15, 0.2) is 17.4 Å². The van der Waals surface area contributed by atoms with Crippen molar-refractivity contribution in [1.29, 1.82) is 0 Å². The molecule has 0 spiro atoms. The molecule has 2 aromatic rings. The highest BCUT2D eigenvalue weighted by atomic mass is 19.2. The Balaban J connectivity index is 2.37. The normalized spacial score (nSPS) is 10.4. The SMILES string of the molecule is NCc1ccnc(Oc2cccc(F)c2F)c1F. The van der Waals surface area contributed by atoms with E-state index in [1.165, 1.54) is 24.4 Å². The second-order valence-electron chi connectivity index (χ2n) is 3.45. The van der Waals surface area contributed by atoms with Crippen molar-refractivity contribution in [3.8, 4) is 11.6 Å². The molecule has 94 valence electrons. The smallest absolute Gasteiger partial charge is 0.256 e. The lowest BCUT2D eigenvalue weighted by atomic mass is 10.2. The van der Waals surface area contributed by atoms with Crippen LogP contribution in [-0.2, 0) is 6.54 Å². The highest BCUT2D eigenvalue weighted by Gasteiger charge is 2.14. The largest absolute Gasteiger partial charge is 0.433 e. The van der Waals surface area contributed by atoms with E-state index in [1.807, 2.05) is 0 Å². The van der Waals surface area contributed by atoms with Gasteiger partial charge >= 0.3 is 0 Å². The Kier molecular flexibility index (Phi) is 3.47. The lowest BCUT2D eigenvalue weighted by Crippen LogP contribution is -2.03. The third kappa shape index (κ3) is 2.28. The summed E-state index contributed by atoms with van der Waals surface area (Å²) in [5.74, 6) is -3.94. The average molecular weight is 254 g/mol. The van der Waals surface area contributed by atoms with E-state index in [2.05, 4.69) is 4.98 Å². The fourth-order valence-corrected chi connectivity index (χ4v) is 1.36. The second kappa shape index (κ2) is 5.05. The van der Waals surface area contributed by atoms with E-state index in [4.69, 9.17) is 10.5 Å². The predicted octanol–water partition coefficient (Wildman–Crippen LogP) is 2.75. The van der Waals surface area contributed by atoms with E-state index in [0.717, 1.165) is 6.07 Å². The van der Waals surface area contributed by atoms with E-state index in [1.54, 1.807) is 0 Å². The van der Waals surface area contributed by atoms with E-state index >= 15 is 0 Å². The summed E-state index contributed by atoms with van der Waals surface area (Å²) in [4.78, 5) is 3.61. The van der Waals surface area contributed by atoms with Crippen LogP contribution >= 0.6 is 0 Å². The zero-order valence-corrected chi connectivity index (χ0v) is 9.16. The van der Waals surface area contributed by atoms with Crippen LogP contribution in [0.2, 0.25) is 0 Å². The summed E-state index contributed by atoms with van der Waals surface area (Å²) in [6, 6.07) is 4.74. The average Bonchev–Trinajstić information content (AvgIpc) is 2.37. The van der Waals surface area contributed by atoms with Gasteiger partial charge in [-0.2, -0.15) is 4.39 Å². The molecule has 0 atom stereocenters. The minimum absolute atomic E-state index is 0.0453. The number of halogens is 3. The molecule has 1 heterocycles. The summed E-state index contributed by atoms with van der Waals surface area (Å²) >= 11 is 0. The van der Waals surface area contributed by atoms with Gasteiger partial charge in [-0.25, -0.2) is 13.8 Å². The molecule has 1 aromatic carbocycles. The first kappa shape index (κ1) is 12.4. The summed E-state index contributed by atoms with van der Waals surface area (Å²) in [5.41, 5.74) is 5.49. The molecule has 0 aliphatic heterocycles. The summed E-state index contributed by atoms with van der Waals surface area (Å²) in [5, 5.41) is 0. The Hall–Kier alpha value is -2.08. The van der Waals surface area contributed by atoms with Crippen molar-refractivity contribution in [3.05, 3.63) is 53.5 Å². The lowest BCUT2D eigenvalue weighted by Gasteiger charge is -2.08. The van der Waals surface area contributed by atoms with E-state index in [0.29, 0.717) is 0 Å². The molecule has 0 aliphatic carbocycles. The van der Waals surface area contributed by atoms with E-state index in [9.17, 15) is 13.2 Å². The Labute approximate surface area is 101 Å². The predicted molar refractivity (Wildman–Crippen MR) is 58.5 cm³/mol. The maximum atomic E-state index is 13.7. The molecule has 0 fully saturated rings. The van der Waals surface area contributed by atoms with Crippen molar-refractivity contribution in [2.45, 2.75) is 6.54 Å². The van der Waals surface area contributed by atoms with Crippen molar-refractivity contribution in [1.82, 2.24) is 4.98 Å². The number of aromatic nitrogens is 1. The molecule has 2 rings (SSSR count). The van der Waals surface area contributed by atoms with Gasteiger partial charge in [0, 0.05) is 18.3 Å². The Bertz CT molecular complexity index is 575. The Morgan fingerprint density at radius 2 is 1.89 bits per heavy atom. The number of rotatable bonds is 3. The third-order valence-electron chi connectivity index (χ3n) is 2.28. The number of pyridine rings is 1. The van der Waals surface area contributed by atoms with Crippen LogP contribution in [0.25, 0.3) is 0 Å². The van der Waals surface area contributed by atoms with Gasteiger partial charge < -0.3 is 10.5 Å². The minimum atomic E-state index is -1.20. The van der Waals surface area contributed by atoms with Crippen LogP contribution in [0.5, 0.6) is 11.6 Å². The van der Waals surface area contributed by atoms with Crippen molar-refractivity contribution in [2.75, 3.05) is 0 Å². The summed E-state index contributed by atoms with van der Waals surface area (Å²) in [7, 11) is 0. The molecule has 1 aromatic heterocycles. The molecule has 0 unspecified atom stereocenters. The number of benzene rings is 1. The first-order valence-electron chi connectivity index (χ1n) is 5.08. The van der Waals surface area contributed by atoms with Crippen molar-refractivity contribution < 1.29 is 17.9 Å². The van der Waals surface area contributed by atoms with Crippen molar-refractivity contribution in [3.63, 3.8) is 0 Å².